The Labute approximate surface area is 145 Å². The van der Waals surface area contributed by atoms with Crippen LogP contribution in [0, 0.1) is 35.5 Å². The zero-order valence-electron chi connectivity index (χ0n) is 15.0. The fourth-order valence-electron chi connectivity index (χ4n) is 5.45. The van der Waals surface area contributed by atoms with E-state index in [4.69, 9.17) is 9.47 Å². The summed E-state index contributed by atoms with van der Waals surface area (Å²) in [7, 11) is 0. The summed E-state index contributed by atoms with van der Waals surface area (Å²) in [5, 5.41) is 0. The number of carbonyl (C=O) groups is 2. The van der Waals surface area contributed by atoms with Crippen molar-refractivity contribution in [2.24, 2.45) is 35.5 Å². The van der Waals surface area contributed by atoms with Crippen molar-refractivity contribution >= 4 is 11.9 Å². The molecule has 0 radical (unpaired) electrons. The first-order chi connectivity index (χ1) is 11.5. The van der Waals surface area contributed by atoms with E-state index >= 15 is 0 Å². The van der Waals surface area contributed by atoms with E-state index in [1.54, 1.807) is 6.92 Å². The lowest BCUT2D eigenvalue weighted by Gasteiger charge is -2.31. The van der Waals surface area contributed by atoms with E-state index in [1.807, 2.05) is 6.92 Å². The molecule has 2 bridgehead atoms. The van der Waals surface area contributed by atoms with Gasteiger partial charge in [-0.15, -0.1) is 0 Å². The van der Waals surface area contributed by atoms with Gasteiger partial charge in [-0.1, -0.05) is 13.5 Å². The summed E-state index contributed by atoms with van der Waals surface area (Å²) < 4.78 is 10.9. The van der Waals surface area contributed by atoms with Crippen LogP contribution in [0.1, 0.15) is 52.4 Å². The fourth-order valence-corrected chi connectivity index (χ4v) is 5.45. The molecule has 134 valence electrons. The topological polar surface area (TPSA) is 52.6 Å². The third-order valence-corrected chi connectivity index (χ3v) is 6.41. The Morgan fingerprint density at radius 3 is 2.46 bits per heavy atom. The van der Waals surface area contributed by atoms with Gasteiger partial charge in [-0.25, -0.2) is 4.79 Å². The molecule has 6 atom stereocenters. The van der Waals surface area contributed by atoms with E-state index in [0.717, 1.165) is 24.2 Å². The molecular weight excluding hydrogens is 304 g/mol. The lowest BCUT2D eigenvalue weighted by molar-refractivity contribution is -0.145. The molecule has 0 aromatic heterocycles. The van der Waals surface area contributed by atoms with Crippen molar-refractivity contribution in [2.45, 2.75) is 52.4 Å². The summed E-state index contributed by atoms with van der Waals surface area (Å²) >= 11 is 0. The molecular formula is C20H30O4. The molecule has 4 nitrogen and oxygen atoms in total. The maximum Gasteiger partial charge on any atom is 0.333 e. The monoisotopic (exact) mass is 334 g/mol. The Kier molecular flexibility index (Phi) is 5.31. The van der Waals surface area contributed by atoms with Crippen molar-refractivity contribution in [2.75, 3.05) is 13.2 Å². The number of carbonyl (C=O) groups excluding carboxylic acids is 2. The van der Waals surface area contributed by atoms with Crippen molar-refractivity contribution in [3.8, 4) is 0 Å². The van der Waals surface area contributed by atoms with Gasteiger partial charge in [-0.2, -0.15) is 0 Å². The van der Waals surface area contributed by atoms with Crippen molar-refractivity contribution < 1.29 is 19.1 Å². The predicted octanol–water partition coefficient (Wildman–Crippen LogP) is 3.75. The van der Waals surface area contributed by atoms with Crippen LogP contribution < -0.4 is 0 Å². The zero-order chi connectivity index (χ0) is 17.3. The smallest absolute Gasteiger partial charge is 0.333 e. The largest absolute Gasteiger partial charge is 0.465 e. The Morgan fingerprint density at radius 2 is 1.75 bits per heavy atom. The minimum absolute atomic E-state index is 0.0536. The third-order valence-electron chi connectivity index (χ3n) is 6.41. The average Bonchev–Trinajstić information content (AvgIpc) is 3.21. The second kappa shape index (κ2) is 7.28. The van der Waals surface area contributed by atoms with Gasteiger partial charge in [-0.3, -0.25) is 4.79 Å². The van der Waals surface area contributed by atoms with Gasteiger partial charge in [0.15, 0.2) is 0 Å². The highest BCUT2D eigenvalue weighted by Crippen LogP contribution is 2.62. The van der Waals surface area contributed by atoms with Crippen LogP contribution in [0.25, 0.3) is 0 Å². The molecule has 6 unspecified atom stereocenters. The molecule has 0 spiro atoms. The average molecular weight is 334 g/mol. The molecule has 4 heteroatoms. The SMILES string of the molecule is C=C(C)C(=O)OCC1CC2CC1C1CC(COC(=O)CCC)CC21. The first kappa shape index (κ1) is 17.5. The normalized spacial score (nSPS) is 36.4. The number of esters is 2. The number of ether oxygens (including phenoxy) is 2. The summed E-state index contributed by atoms with van der Waals surface area (Å²) in [4.78, 5) is 23.2. The minimum Gasteiger partial charge on any atom is -0.465 e. The van der Waals surface area contributed by atoms with Gasteiger partial charge in [0, 0.05) is 12.0 Å². The molecule has 3 rings (SSSR count). The van der Waals surface area contributed by atoms with E-state index in [9.17, 15) is 9.59 Å². The molecule has 0 aromatic rings. The van der Waals surface area contributed by atoms with Crippen molar-refractivity contribution in [1.82, 2.24) is 0 Å². The van der Waals surface area contributed by atoms with Crippen molar-refractivity contribution in [1.29, 1.82) is 0 Å². The van der Waals surface area contributed by atoms with Crippen LogP contribution >= 0.6 is 0 Å². The second-order valence-electron chi connectivity index (χ2n) is 8.13. The molecule has 0 aromatic carbocycles. The molecule has 0 amide bonds. The Bertz CT molecular complexity index is 512. The number of rotatable bonds is 7. The van der Waals surface area contributed by atoms with Crippen LogP contribution in [-0.2, 0) is 19.1 Å². The summed E-state index contributed by atoms with van der Waals surface area (Å²) in [5.74, 6) is 3.75. The van der Waals surface area contributed by atoms with Gasteiger partial charge in [-0.05, 0) is 74.5 Å². The highest BCUT2D eigenvalue weighted by atomic mass is 16.5. The van der Waals surface area contributed by atoms with Crippen molar-refractivity contribution in [3.63, 3.8) is 0 Å². The van der Waals surface area contributed by atoms with Crippen LogP contribution in [-0.4, -0.2) is 25.2 Å². The van der Waals surface area contributed by atoms with Crippen LogP contribution in [0.4, 0.5) is 0 Å². The molecule has 3 aliphatic rings. The molecule has 3 saturated carbocycles. The quantitative estimate of drug-likeness (QED) is 0.525. The first-order valence-corrected chi connectivity index (χ1v) is 9.47. The van der Waals surface area contributed by atoms with Crippen LogP contribution in [0.3, 0.4) is 0 Å². The van der Waals surface area contributed by atoms with E-state index in [0.29, 0.717) is 43.0 Å². The Hall–Kier alpha value is -1.32. The summed E-state index contributed by atoms with van der Waals surface area (Å²) in [6, 6.07) is 0. The van der Waals surface area contributed by atoms with Gasteiger partial charge in [0.05, 0.1) is 13.2 Å². The maximum absolute atomic E-state index is 11.6. The molecule has 24 heavy (non-hydrogen) atoms. The summed E-state index contributed by atoms with van der Waals surface area (Å²) in [6.07, 6.45) is 6.26. The Morgan fingerprint density at radius 1 is 1.00 bits per heavy atom. The van der Waals surface area contributed by atoms with E-state index in [1.165, 1.54) is 25.7 Å². The number of hydrogen-bond donors (Lipinski definition) is 0. The lowest BCUT2D eigenvalue weighted by Crippen LogP contribution is -2.28. The fraction of sp³-hybridized carbons (Fsp3) is 0.800. The van der Waals surface area contributed by atoms with Gasteiger partial charge < -0.3 is 9.47 Å². The number of fused-ring (bicyclic) bond motifs is 5. The van der Waals surface area contributed by atoms with Gasteiger partial charge in [0.2, 0.25) is 0 Å². The molecule has 0 N–H and O–H groups in total. The second-order valence-corrected chi connectivity index (χ2v) is 8.13. The number of hydrogen-bond acceptors (Lipinski definition) is 4. The molecule has 0 aliphatic heterocycles. The lowest BCUT2D eigenvalue weighted by atomic mass is 9.76. The van der Waals surface area contributed by atoms with Crippen molar-refractivity contribution in [3.05, 3.63) is 12.2 Å². The van der Waals surface area contributed by atoms with Crippen LogP contribution in [0.5, 0.6) is 0 Å². The summed E-state index contributed by atoms with van der Waals surface area (Å²) in [6.45, 7) is 8.48. The molecule has 0 saturated heterocycles. The maximum atomic E-state index is 11.6. The standard InChI is InChI=1S/C20H30O4/c1-4-5-19(21)23-10-13-6-16-14-8-15(11-24-20(22)12(2)3)17(9-14)18(16)7-13/h13-18H,2,4-11H2,1,3H3. The van der Waals surface area contributed by atoms with Crippen LogP contribution in [0.2, 0.25) is 0 Å². The van der Waals surface area contributed by atoms with Gasteiger partial charge in [0.25, 0.3) is 0 Å². The van der Waals surface area contributed by atoms with E-state index in [-0.39, 0.29) is 11.9 Å². The molecule has 3 aliphatic carbocycles. The highest BCUT2D eigenvalue weighted by molar-refractivity contribution is 5.86. The van der Waals surface area contributed by atoms with E-state index in [2.05, 4.69) is 6.58 Å². The third kappa shape index (κ3) is 3.52. The Balaban J connectivity index is 1.47. The van der Waals surface area contributed by atoms with Gasteiger partial charge in [0.1, 0.15) is 0 Å². The molecule has 0 heterocycles. The minimum atomic E-state index is -0.263. The van der Waals surface area contributed by atoms with Gasteiger partial charge >= 0.3 is 11.9 Å². The highest BCUT2D eigenvalue weighted by Gasteiger charge is 2.56. The first-order valence-electron chi connectivity index (χ1n) is 9.47. The van der Waals surface area contributed by atoms with Crippen LogP contribution in [0.15, 0.2) is 12.2 Å². The summed E-state index contributed by atoms with van der Waals surface area (Å²) in [5.41, 5.74) is 0.478. The predicted molar refractivity (Wildman–Crippen MR) is 91.0 cm³/mol. The van der Waals surface area contributed by atoms with E-state index < -0.39 is 0 Å². The zero-order valence-corrected chi connectivity index (χ0v) is 15.0. The molecule has 3 fully saturated rings.